The lowest BCUT2D eigenvalue weighted by atomic mass is 10.2. The Morgan fingerprint density at radius 3 is 2.39 bits per heavy atom. The molecule has 0 unspecified atom stereocenters. The molecule has 170 valence electrons. The number of aromatic nitrogens is 4. The number of anilines is 2. The predicted molar refractivity (Wildman–Crippen MR) is 130 cm³/mol. The molecule has 2 amide bonds. The van der Waals surface area contributed by atoms with Gasteiger partial charge in [-0.05, 0) is 42.8 Å². The van der Waals surface area contributed by atoms with Gasteiger partial charge < -0.3 is 10.6 Å². The lowest BCUT2D eigenvalue weighted by Gasteiger charge is -2.11. The Morgan fingerprint density at radius 2 is 1.70 bits per heavy atom. The number of carbonyl (C=O) groups excluding carboxylic acids is 2. The fourth-order valence-electron chi connectivity index (χ4n) is 3.51. The Kier molecular flexibility index (Phi) is 6.74. The summed E-state index contributed by atoms with van der Waals surface area (Å²) in [5, 5.41) is 15.2. The van der Waals surface area contributed by atoms with Gasteiger partial charge in [-0.2, -0.15) is 0 Å². The Hall–Kier alpha value is -3.66. The zero-order valence-corrected chi connectivity index (χ0v) is 19.2. The first-order valence-electron chi connectivity index (χ1n) is 10.6. The smallest absolute Gasteiger partial charge is 0.262 e. The summed E-state index contributed by atoms with van der Waals surface area (Å²) >= 11 is 1.25. The number of aryl methyl sites for hydroxylation is 1. The molecule has 0 radical (unpaired) electrons. The van der Waals surface area contributed by atoms with Crippen molar-refractivity contribution in [2.45, 2.75) is 38.4 Å². The summed E-state index contributed by atoms with van der Waals surface area (Å²) in [7, 11) is 0. The lowest BCUT2D eigenvalue weighted by Crippen LogP contribution is -2.23. The van der Waals surface area contributed by atoms with Crippen LogP contribution in [0.3, 0.4) is 0 Å². The Balaban J connectivity index is 1.55. The van der Waals surface area contributed by atoms with Crippen LogP contribution in [0.25, 0.3) is 16.7 Å². The number of carbonyl (C=O) groups is 2. The van der Waals surface area contributed by atoms with Crippen LogP contribution in [0.4, 0.5) is 11.4 Å². The van der Waals surface area contributed by atoms with Crippen LogP contribution in [-0.2, 0) is 16.1 Å². The maximum Gasteiger partial charge on any atom is 0.262 e. The van der Waals surface area contributed by atoms with Gasteiger partial charge in [0.25, 0.3) is 5.56 Å². The van der Waals surface area contributed by atoms with Gasteiger partial charge in [0, 0.05) is 24.8 Å². The van der Waals surface area contributed by atoms with E-state index in [9.17, 15) is 14.4 Å². The SMILES string of the molecule is CCCCn1c(=O)c2ccccc2n2c(SCC(=O)Nc3ccc(NC(C)=O)cc3)nnc12. The molecular weight excluding hydrogens is 440 g/mol. The molecule has 2 heterocycles. The summed E-state index contributed by atoms with van der Waals surface area (Å²) in [6.45, 7) is 4.06. The third-order valence-corrected chi connectivity index (χ3v) is 5.96. The monoisotopic (exact) mass is 464 g/mol. The predicted octanol–water partition coefficient (Wildman–Crippen LogP) is 3.53. The molecule has 0 atom stereocenters. The molecule has 0 aliphatic heterocycles. The van der Waals surface area contributed by atoms with Gasteiger partial charge in [-0.3, -0.25) is 23.4 Å². The number of benzene rings is 2. The zero-order valence-electron chi connectivity index (χ0n) is 18.4. The molecule has 0 spiro atoms. The topological polar surface area (TPSA) is 110 Å². The lowest BCUT2D eigenvalue weighted by molar-refractivity contribution is -0.114. The number of hydrogen-bond donors (Lipinski definition) is 2. The quantitative estimate of drug-likeness (QED) is 0.386. The molecule has 2 N–H and O–H groups in total. The molecule has 4 rings (SSSR count). The number of thioether (sulfide) groups is 1. The van der Waals surface area contributed by atoms with E-state index in [0.29, 0.717) is 39.8 Å². The molecule has 0 saturated carbocycles. The number of hydrogen-bond acceptors (Lipinski definition) is 6. The summed E-state index contributed by atoms with van der Waals surface area (Å²) in [5.74, 6) is 0.240. The normalized spacial score (nSPS) is 11.1. The molecule has 2 aromatic carbocycles. The highest BCUT2D eigenvalue weighted by Crippen LogP contribution is 2.22. The molecule has 0 aliphatic carbocycles. The van der Waals surface area contributed by atoms with E-state index < -0.39 is 0 Å². The van der Waals surface area contributed by atoms with Crippen molar-refractivity contribution in [2.24, 2.45) is 0 Å². The van der Waals surface area contributed by atoms with Crippen LogP contribution in [0.5, 0.6) is 0 Å². The van der Waals surface area contributed by atoms with E-state index in [0.717, 1.165) is 12.8 Å². The molecule has 33 heavy (non-hydrogen) atoms. The Bertz CT molecular complexity index is 1380. The number of rotatable bonds is 8. The fourth-order valence-corrected chi connectivity index (χ4v) is 4.25. The van der Waals surface area contributed by atoms with Crippen molar-refractivity contribution in [3.63, 3.8) is 0 Å². The van der Waals surface area contributed by atoms with Gasteiger partial charge in [0.15, 0.2) is 5.16 Å². The molecule has 9 nitrogen and oxygen atoms in total. The summed E-state index contributed by atoms with van der Waals surface area (Å²) in [6.07, 6.45) is 1.81. The van der Waals surface area contributed by atoms with Crippen LogP contribution >= 0.6 is 11.8 Å². The minimum Gasteiger partial charge on any atom is -0.326 e. The average Bonchev–Trinajstić information content (AvgIpc) is 3.23. The van der Waals surface area contributed by atoms with Crippen LogP contribution in [0.15, 0.2) is 58.5 Å². The number of fused-ring (bicyclic) bond motifs is 3. The molecule has 2 aromatic heterocycles. The summed E-state index contributed by atoms with van der Waals surface area (Å²) in [5.41, 5.74) is 1.91. The highest BCUT2D eigenvalue weighted by Gasteiger charge is 2.17. The van der Waals surface area contributed by atoms with E-state index in [1.807, 2.05) is 22.6 Å². The van der Waals surface area contributed by atoms with Crippen molar-refractivity contribution in [1.82, 2.24) is 19.2 Å². The number of unbranched alkanes of at least 4 members (excludes halogenated alkanes) is 1. The van der Waals surface area contributed by atoms with E-state index in [1.54, 1.807) is 34.9 Å². The first-order chi connectivity index (χ1) is 16.0. The second-order valence-electron chi connectivity index (χ2n) is 7.54. The summed E-state index contributed by atoms with van der Waals surface area (Å²) in [4.78, 5) is 36.6. The van der Waals surface area contributed by atoms with Gasteiger partial charge in [-0.1, -0.05) is 37.2 Å². The van der Waals surface area contributed by atoms with Gasteiger partial charge in [-0.25, -0.2) is 0 Å². The third kappa shape index (κ3) is 4.90. The molecule has 0 saturated heterocycles. The Labute approximate surface area is 194 Å². The van der Waals surface area contributed by atoms with E-state index in [-0.39, 0.29) is 23.1 Å². The van der Waals surface area contributed by atoms with Crippen molar-refractivity contribution in [3.8, 4) is 0 Å². The number of amides is 2. The third-order valence-electron chi connectivity index (χ3n) is 5.03. The zero-order chi connectivity index (χ0) is 23.4. The molecule has 0 bridgehead atoms. The second-order valence-corrected chi connectivity index (χ2v) is 8.48. The average molecular weight is 465 g/mol. The maximum atomic E-state index is 13.0. The first kappa shape index (κ1) is 22.5. The second kappa shape index (κ2) is 9.86. The molecule has 10 heteroatoms. The van der Waals surface area contributed by atoms with Gasteiger partial charge in [0.2, 0.25) is 17.6 Å². The summed E-state index contributed by atoms with van der Waals surface area (Å²) in [6, 6.07) is 14.2. The van der Waals surface area contributed by atoms with Crippen LogP contribution < -0.4 is 16.2 Å². The van der Waals surface area contributed by atoms with Crippen molar-refractivity contribution < 1.29 is 9.59 Å². The molecular formula is C23H24N6O3S. The molecule has 4 aromatic rings. The van der Waals surface area contributed by atoms with E-state index in [4.69, 9.17) is 0 Å². The number of nitrogens with one attached hydrogen (secondary N) is 2. The van der Waals surface area contributed by atoms with Crippen molar-refractivity contribution in [2.75, 3.05) is 16.4 Å². The van der Waals surface area contributed by atoms with Gasteiger partial charge >= 0.3 is 0 Å². The Morgan fingerprint density at radius 1 is 1.00 bits per heavy atom. The first-order valence-corrected chi connectivity index (χ1v) is 11.6. The molecule has 0 fully saturated rings. The standard InChI is InChI=1S/C23H24N6O3S/c1-3-4-13-28-21(32)18-7-5-6-8-19(18)29-22(28)26-27-23(29)33-14-20(31)25-17-11-9-16(10-12-17)24-15(2)30/h5-12H,3-4,13-14H2,1-2H3,(H,24,30)(H,25,31). The maximum absolute atomic E-state index is 13.0. The highest BCUT2D eigenvalue weighted by atomic mass is 32.2. The minimum atomic E-state index is -0.201. The van der Waals surface area contributed by atoms with Crippen LogP contribution in [0, 0.1) is 0 Å². The van der Waals surface area contributed by atoms with Crippen LogP contribution in [0.1, 0.15) is 26.7 Å². The molecule has 0 aliphatic rings. The number of nitrogens with zero attached hydrogens (tertiary/aromatic N) is 4. The van der Waals surface area contributed by atoms with Crippen LogP contribution in [0.2, 0.25) is 0 Å². The fraction of sp³-hybridized carbons (Fsp3) is 0.261. The van der Waals surface area contributed by atoms with Crippen molar-refractivity contribution in [3.05, 3.63) is 58.9 Å². The van der Waals surface area contributed by atoms with Crippen molar-refractivity contribution >= 4 is 51.6 Å². The minimum absolute atomic E-state index is 0.0871. The van der Waals surface area contributed by atoms with Gasteiger partial charge in [0.05, 0.1) is 16.7 Å². The largest absolute Gasteiger partial charge is 0.326 e. The number of para-hydroxylation sites is 1. The van der Waals surface area contributed by atoms with Crippen molar-refractivity contribution in [1.29, 1.82) is 0 Å². The van der Waals surface area contributed by atoms with E-state index >= 15 is 0 Å². The van der Waals surface area contributed by atoms with Crippen LogP contribution in [-0.4, -0.2) is 36.7 Å². The van der Waals surface area contributed by atoms with E-state index in [1.165, 1.54) is 18.7 Å². The van der Waals surface area contributed by atoms with E-state index in [2.05, 4.69) is 27.8 Å². The summed E-state index contributed by atoms with van der Waals surface area (Å²) < 4.78 is 3.49. The van der Waals surface area contributed by atoms with Gasteiger partial charge in [-0.15, -0.1) is 10.2 Å². The van der Waals surface area contributed by atoms with Gasteiger partial charge in [0.1, 0.15) is 0 Å². The highest BCUT2D eigenvalue weighted by molar-refractivity contribution is 7.99.